The number of fused-ring (bicyclic) bond motifs is 2. The van der Waals surface area contributed by atoms with Crippen molar-refractivity contribution in [2.75, 3.05) is 30.8 Å². The number of halogens is 1. The number of anilines is 2. The largest absolute Gasteiger partial charge is 0.469 e. The van der Waals surface area contributed by atoms with E-state index in [1.807, 2.05) is 30.3 Å². The number of urea groups is 1. The van der Waals surface area contributed by atoms with Crippen LogP contribution in [0.3, 0.4) is 0 Å². The Kier molecular flexibility index (Phi) is 8.11. The fourth-order valence-electron chi connectivity index (χ4n) is 5.18. The minimum Gasteiger partial charge on any atom is -0.469 e. The Morgan fingerprint density at radius 2 is 1.83 bits per heavy atom. The van der Waals surface area contributed by atoms with Gasteiger partial charge in [0.2, 0.25) is 5.91 Å². The second-order valence-electron chi connectivity index (χ2n) is 10.00. The molecule has 0 aliphatic carbocycles. The molecule has 2 atom stereocenters. The fraction of sp³-hybridized carbons (Fsp3) is 0.267. The summed E-state index contributed by atoms with van der Waals surface area (Å²) in [5, 5.41) is 8.75. The Morgan fingerprint density at radius 3 is 2.56 bits per heavy atom. The van der Waals surface area contributed by atoms with E-state index in [9.17, 15) is 19.2 Å². The molecule has 3 N–H and O–H groups in total. The first-order valence-electron chi connectivity index (χ1n) is 13.1. The fourth-order valence-corrected chi connectivity index (χ4v) is 5.36. The Bertz CT molecular complexity index is 1470. The van der Waals surface area contributed by atoms with Crippen molar-refractivity contribution in [1.29, 1.82) is 0 Å². The summed E-state index contributed by atoms with van der Waals surface area (Å²) >= 11 is 6.25. The van der Waals surface area contributed by atoms with E-state index in [1.54, 1.807) is 47.4 Å². The molecule has 1 saturated heterocycles. The smallest absolute Gasteiger partial charge is 0.412 e. The first-order valence-corrected chi connectivity index (χ1v) is 13.5. The molecule has 2 aliphatic heterocycles. The van der Waals surface area contributed by atoms with E-state index in [0.717, 1.165) is 11.1 Å². The van der Waals surface area contributed by atoms with E-state index in [2.05, 4.69) is 20.7 Å². The monoisotopic (exact) mass is 576 g/mol. The predicted molar refractivity (Wildman–Crippen MR) is 153 cm³/mol. The number of hydrogen-bond donors (Lipinski definition) is 3. The summed E-state index contributed by atoms with van der Waals surface area (Å²) in [6.07, 6.45) is 0.181. The molecule has 2 heterocycles. The van der Waals surface area contributed by atoms with Crippen LogP contribution in [-0.4, -0.2) is 55.1 Å². The summed E-state index contributed by atoms with van der Waals surface area (Å²) in [5.74, 6) is -0.660. The van der Waals surface area contributed by atoms with Gasteiger partial charge in [-0.15, -0.1) is 0 Å². The van der Waals surface area contributed by atoms with Gasteiger partial charge in [-0.25, -0.2) is 9.59 Å². The van der Waals surface area contributed by atoms with Gasteiger partial charge in [0, 0.05) is 35.7 Å². The number of carbonyl (C=O) groups is 4. The molecule has 0 radical (unpaired) electrons. The maximum atomic E-state index is 13.9. The van der Waals surface area contributed by atoms with Crippen LogP contribution in [0.1, 0.15) is 23.1 Å². The van der Waals surface area contributed by atoms with Crippen LogP contribution in [-0.2, 0) is 37.5 Å². The molecule has 4 amide bonds. The van der Waals surface area contributed by atoms with Crippen LogP contribution in [0.5, 0.6) is 0 Å². The molecule has 0 bridgehead atoms. The first-order chi connectivity index (χ1) is 19.7. The molecule has 1 spiro atoms. The summed E-state index contributed by atoms with van der Waals surface area (Å²) in [7, 11) is 1.32. The van der Waals surface area contributed by atoms with Crippen molar-refractivity contribution < 1.29 is 28.7 Å². The van der Waals surface area contributed by atoms with Crippen molar-refractivity contribution >= 4 is 47.0 Å². The summed E-state index contributed by atoms with van der Waals surface area (Å²) in [6.45, 7) is 0.456. The van der Waals surface area contributed by atoms with Crippen LogP contribution >= 0.6 is 11.6 Å². The number of methoxy groups -OCH3 is 1. The topological polar surface area (TPSA) is 126 Å². The molecule has 2 aliphatic rings. The van der Waals surface area contributed by atoms with Crippen molar-refractivity contribution in [3.05, 3.63) is 94.5 Å². The average Bonchev–Trinajstić information content (AvgIpc) is 3.38. The van der Waals surface area contributed by atoms with Crippen LogP contribution < -0.4 is 16.0 Å². The number of ether oxygens (including phenoxy) is 2. The molecular formula is C30H29ClN4O6. The Hall–Kier alpha value is -4.57. The number of esters is 1. The van der Waals surface area contributed by atoms with Gasteiger partial charge in [-0.3, -0.25) is 14.9 Å². The molecule has 5 rings (SSSR count). The highest BCUT2D eigenvalue weighted by atomic mass is 35.5. The molecular weight excluding hydrogens is 548 g/mol. The molecule has 212 valence electrons. The third-order valence-corrected chi connectivity index (χ3v) is 7.45. The highest BCUT2D eigenvalue weighted by molar-refractivity contribution is 6.30. The first kappa shape index (κ1) is 28.0. The highest BCUT2D eigenvalue weighted by Crippen LogP contribution is 2.43. The molecule has 0 saturated carbocycles. The van der Waals surface area contributed by atoms with Crippen molar-refractivity contribution in [3.63, 3.8) is 0 Å². The van der Waals surface area contributed by atoms with Gasteiger partial charge < -0.3 is 25.0 Å². The SMILES string of the molecule is COC(=O)Cc1ccc(NC(=O)N[C@@H](Cc2ccccc2)C(=O)N2CCC3(C2)OC(=O)Nc2ccc(Cl)cc23)cc1. The molecule has 0 aromatic heterocycles. The van der Waals surface area contributed by atoms with E-state index >= 15 is 0 Å². The quantitative estimate of drug-likeness (QED) is 0.356. The standard InChI is InChI=1S/C30H29ClN4O6/c1-40-26(36)16-20-7-10-22(11-8-20)32-28(38)33-25(15-19-5-3-2-4-6-19)27(37)35-14-13-30(18-35)23-17-21(31)9-12-24(23)34-29(39)41-30/h2-12,17,25H,13-16,18H2,1H3,(H,34,39)(H2,32,33,38)/t25-,30?/m0/s1. The maximum absolute atomic E-state index is 13.9. The highest BCUT2D eigenvalue weighted by Gasteiger charge is 2.49. The zero-order valence-corrected chi connectivity index (χ0v) is 23.1. The third-order valence-electron chi connectivity index (χ3n) is 7.21. The van der Waals surface area contributed by atoms with E-state index in [0.29, 0.717) is 34.9 Å². The lowest BCUT2D eigenvalue weighted by atomic mass is 9.90. The zero-order chi connectivity index (χ0) is 29.0. The van der Waals surface area contributed by atoms with Gasteiger partial charge in [0.25, 0.3) is 0 Å². The molecule has 11 heteroatoms. The van der Waals surface area contributed by atoms with E-state index in [-0.39, 0.29) is 31.3 Å². The van der Waals surface area contributed by atoms with Gasteiger partial charge in [-0.05, 0) is 41.5 Å². The van der Waals surface area contributed by atoms with Crippen LogP contribution in [0.2, 0.25) is 5.02 Å². The summed E-state index contributed by atoms with van der Waals surface area (Å²) in [4.78, 5) is 52.4. The number of rotatable bonds is 7. The van der Waals surface area contributed by atoms with Gasteiger partial charge >= 0.3 is 18.1 Å². The summed E-state index contributed by atoms with van der Waals surface area (Å²) < 4.78 is 10.4. The molecule has 1 unspecified atom stereocenters. The Balaban J connectivity index is 1.32. The predicted octanol–water partition coefficient (Wildman–Crippen LogP) is 4.48. The molecule has 10 nitrogen and oxygen atoms in total. The number of amides is 4. The van der Waals surface area contributed by atoms with Crippen molar-refractivity contribution in [3.8, 4) is 0 Å². The van der Waals surface area contributed by atoms with E-state index in [1.165, 1.54) is 7.11 Å². The lowest BCUT2D eigenvalue weighted by Gasteiger charge is -2.35. The average molecular weight is 577 g/mol. The Morgan fingerprint density at radius 1 is 1.07 bits per heavy atom. The van der Waals surface area contributed by atoms with Crippen molar-refractivity contribution in [1.82, 2.24) is 10.2 Å². The zero-order valence-electron chi connectivity index (χ0n) is 22.3. The van der Waals surface area contributed by atoms with E-state index in [4.69, 9.17) is 16.3 Å². The summed E-state index contributed by atoms with van der Waals surface area (Å²) in [5.41, 5.74) is 2.38. The number of likely N-dealkylation sites (tertiary alicyclic amines) is 1. The minimum atomic E-state index is -1.04. The maximum Gasteiger partial charge on any atom is 0.412 e. The minimum absolute atomic E-state index is 0.121. The van der Waals surface area contributed by atoms with Crippen LogP contribution in [0, 0.1) is 0 Å². The number of benzene rings is 3. The third kappa shape index (κ3) is 6.44. The normalized spacial score (nSPS) is 18.1. The summed E-state index contributed by atoms with van der Waals surface area (Å²) in [6, 6.07) is 19.9. The lowest BCUT2D eigenvalue weighted by Crippen LogP contribution is -2.51. The van der Waals surface area contributed by atoms with E-state index < -0.39 is 23.8 Å². The van der Waals surface area contributed by atoms with Crippen molar-refractivity contribution in [2.45, 2.75) is 30.9 Å². The molecule has 1 fully saturated rings. The van der Waals surface area contributed by atoms with Gasteiger partial charge in [-0.2, -0.15) is 0 Å². The second-order valence-corrected chi connectivity index (χ2v) is 10.4. The Labute approximate surface area is 241 Å². The van der Waals surface area contributed by atoms with Crippen LogP contribution in [0.15, 0.2) is 72.8 Å². The van der Waals surface area contributed by atoms with Gasteiger partial charge in [0.05, 0.1) is 25.8 Å². The van der Waals surface area contributed by atoms with Gasteiger partial charge in [0.15, 0.2) is 5.60 Å². The second kappa shape index (κ2) is 11.9. The molecule has 3 aromatic rings. The number of nitrogens with one attached hydrogen (secondary N) is 3. The molecule has 41 heavy (non-hydrogen) atoms. The van der Waals surface area contributed by atoms with Gasteiger partial charge in [0.1, 0.15) is 6.04 Å². The van der Waals surface area contributed by atoms with Crippen LogP contribution in [0.4, 0.5) is 21.0 Å². The van der Waals surface area contributed by atoms with Gasteiger partial charge in [-0.1, -0.05) is 54.1 Å². The van der Waals surface area contributed by atoms with Crippen molar-refractivity contribution in [2.24, 2.45) is 0 Å². The number of nitrogens with zero attached hydrogens (tertiary/aromatic N) is 1. The van der Waals surface area contributed by atoms with Crippen LogP contribution in [0.25, 0.3) is 0 Å². The molecule has 3 aromatic carbocycles. The lowest BCUT2D eigenvalue weighted by molar-refractivity contribution is -0.139. The number of carbonyl (C=O) groups excluding carboxylic acids is 4. The number of hydrogen-bond acceptors (Lipinski definition) is 6.